The number of rotatable bonds is 4. The van der Waals surface area contributed by atoms with Crippen LogP contribution >= 0.6 is 0 Å². The maximum atomic E-state index is 4.17. The first-order chi connectivity index (χ1) is 7.59. The van der Waals surface area contributed by atoms with Gasteiger partial charge in [0.1, 0.15) is 0 Å². The first kappa shape index (κ1) is 13.3. The van der Waals surface area contributed by atoms with E-state index < -0.39 is 0 Å². The molecule has 0 N–H and O–H groups in total. The molecule has 1 rings (SSSR count). The van der Waals surface area contributed by atoms with Crippen molar-refractivity contribution < 1.29 is 0 Å². The van der Waals surface area contributed by atoms with Crippen LogP contribution in [0, 0.1) is 5.92 Å². The van der Waals surface area contributed by atoms with Crippen molar-refractivity contribution >= 4 is 0 Å². The summed E-state index contributed by atoms with van der Waals surface area (Å²) in [4.78, 5) is 4.60. The van der Waals surface area contributed by atoms with Gasteiger partial charge < -0.3 is 9.80 Å². The van der Waals surface area contributed by atoms with E-state index >= 15 is 0 Å². The van der Waals surface area contributed by atoms with Gasteiger partial charge in [0.25, 0.3) is 0 Å². The van der Waals surface area contributed by atoms with Crippen molar-refractivity contribution in [1.29, 1.82) is 0 Å². The molecule has 0 aromatic carbocycles. The highest BCUT2D eigenvalue weighted by Gasteiger charge is 2.14. The first-order valence-electron chi connectivity index (χ1n) is 6.34. The average Bonchev–Trinajstić information content (AvgIpc) is 2.42. The number of nitrogens with zero attached hydrogens (tertiary/aromatic N) is 2. The third-order valence-electron chi connectivity index (χ3n) is 3.09. The molecule has 0 bridgehead atoms. The lowest BCUT2D eigenvalue weighted by Gasteiger charge is -2.25. The minimum Gasteiger partial charge on any atom is -0.372 e. The molecule has 0 spiro atoms. The largest absolute Gasteiger partial charge is 0.372 e. The summed E-state index contributed by atoms with van der Waals surface area (Å²) < 4.78 is 0. The number of likely N-dealkylation sites (tertiary alicyclic amines) is 1. The van der Waals surface area contributed by atoms with Crippen LogP contribution in [-0.2, 0) is 0 Å². The third-order valence-corrected chi connectivity index (χ3v) is 3.09. The molecule has 1 aliphatic rings. The molecule has 1 saturated heterocycles. The van der Waals surface area contributed by atoms with Crippen molar-refractivity contribution in [3.63, 3.8) is 0 Å². The van der Waals surface area contributed by atoms with Gasteiger partial charge in [-0.25, -0.2) is 0 Å². The van der Waals surface area contributed by atoms with Crippen molar-refractivity contribution in [3.8, 4) is 0 Å². The third kappa shape index (κ3) is 4.84. The molecule has 92 valence electrons. The summed E-state index contributed by atoms with van der Waals surface area (Å²) in [6.07, 6.45) is 8.40. The Morgan fingerprint density at radius 3 is 2.88 bits per heavy atom. The zero-order valence-corrected chi connectivity index (χ0v) is 11.1. The highest BCUT2D eigenvalue weighted by Crippen LogP contribution is 2.18. The van der Waals surface area contributed by atoms with Gasteiger partial charge >= 0.3 is 0 Å². The topological polar surface area (TPSA) is 6.48 Å². The van der Waals surface area contributed by atoms with Gasteiger partial charge in [0.15, 0.2) is 0 Å². The van der Waals surface area contributed by atoms with Crippen LogP contribution in [0.15, 0.2) is 24.4 Å². The van der Waals surface area contributed by atoms with E-state index in [1.165, 1.54) is 38.0 Å². The van der Waals surface area contributed by atoms with Gasteiger partial charge in [0.2, 0.25) is 0 Å². The molecule has 16 heavy (non-hydrogen) atoms. The van der Waals surface area contributed by atoms with Crippen molar-refractivity contribution in [2.75, 3.05) is 33.7 Å². The van der Waals surface area contributed by atoms with E-state index in [9.17, 15) is 0 Å². The predicted molar refractivity (Wildman–Crippen MR) is 71.4 cm³/mol. The molecule has 0 saturated carbocycles. The fourth-order valence-corrected chi connectivity index (χ4v) is 2.12. The Kier molecular flexibility index (Phi) is 5.61. The number of hydrogen-bond acceptors (Lipinski definition) is 2. The molecular formula is C14H26N2. The second-order valence-corrected chi connectivity index (χ2v) is 5.20. The van der Waals surface area contributed by atoms with Crippen LogP contribution in [0.4, 0.5) is 0 Å². The van der Waals surface area contributed by atoms with Gasteiger partial charge in [-0.15, -0.1) is 0 Å². The highest BCUT2D eigenvalue weighted by molar-refractivity contribution is 5.14. The fourth-order valence-electron chi connectivity index (χ4n) is 2.12. The van der Waals surface area contributed by atoms with Crippen molar-refractivity contribution in [3.05, 3.63) is 24.4 Å². The van der Waals surface area contributed by atoms with E-state index in [-0.39, 0.29) is 0 Å². The van der Waals surface area contributed by atoms with E-state index in [1.807, 2.05) is 0 Å². The predicted octanol–water partition coefficient (Wildman–Crippen LogP) is 2.74. The van der Waals surface area contributed by atoms with E-state index in [2.05, 4.69) is 49.5 Å². The highest BCUT2D eigenvalue weighted by atomic mass is 15.1. The van der Waals surface area contributed by atoms with Crippen LogP contribution in [0.5, 0.6) is 0 Å². The molecule has 1 fully saturated rings. The molecule has 0 aromatic rings. The quantitative estimate of drug-likeness (QED) is 0.675. The smallest absolute Gasteiger partial charge is 0.0290 e. The number of hydrogen-bond donors (Lipinski definition) is 0. The van der Waals surface area contributed by atoms with E-state index in [4.69, 9.17) is 0 Å². The Labute approximate surface area is 101 Å². The normalized spacial score (nSPS) is 22.8. The lowest BCUT2D eigenvalue weighted by molar-refractivity contribution is 0.328. The molecule has 0 amide bonds. The minimum absolute atomic E-state index is 0.807. The summed E-state index contributed by atoms with van der Waals surface area (Å²) in [7, 11) is 4.17. The Balaban J connectivity index is 2.42. The Morgan fingerprint density at radius 2 is 2.19 bits per heavy atom. The van der Waals surface area contributed by atoms with Crippen molar-refractivity contribution in [1.82, 2.24) is 9.80 Å². The maximum Gasteiger partial charge on any atom is 0.0290 e. The Hall–Kier alpha value is -0.760. The lowest BCUT2D eigenvalue weighted by atomic mass is 10.1. The summed E-state index contributed by atoms with van der Waals surface area (Å²) in [5.74, 6) is 0.807. The van der Waals surface area contributed by atoms with Gasteiger partial charge in [-0.1, -0.05) is 26.0 Å². The Bertz CT molecular complexity index is 243. The molecule has 2 heteroatoms. The van der Waals surface area contributed by atoms with E-state index in [0.29, 0.717) is 0 Å². The second-order valence-electron chi connectivity index (χ2n) is 5.20. The van der Waals surface area contributed by atoms with Crippen LogP contribution in [-0.4, -0.2) is 43.5 Å². The molecule has 1 heterocycles. The van der Waals surface area contributed by atoms with Crippen molar-refractivity contribution in [2.45, 2.75) is 26.2 Å². The molecule has 0 aromatic heterocycles. The summed E-state index contributed by atoms with van der Waals surface area (Å²) in [5, 5.41) is 0. The summed E-state index contributed by atoms with van der Waals surface area (Å²) >= 11 is 0. The number of likely N-dealkylation sites (N-methyl/N-ethyl adjacent to an activating group) is 1. The molecule has 1 aliphatic heterocycles. The van der Waals surface area contributed by atoms with Crippen LogP contribution in [0.1, 0.15) is 26.2 Å². The lowest BCUT2D eigenvalue weighted by Crippen LogP contribution is -2.25. The van der Waals surface area contributed by atoms with Crippen LogP contribution in [0.25, 0.3) is 0 Å². The Morgan fingerprint density at radius 1 is 1.44 bits per heavy atom. The van der Waals surface area contributed by atoms with Gasteiger partial charge in [-0.2, -0.15) is 0 Å². The fraction of sp³-hybridized carbons (Fsp3) is 0.714. The molecule has 0 unspecified atom stereocenters. The second kappa shape index (κ2) is 6.74. The van der Waals surface area contributed by atoms with Crippen LogP contribution < -0.4 is 0 Å². The van der Waals surface area contributed by atoms with Crippen LogP contribution in [0.2, 0.25) is 0 Å². The summed E-state index contributed by atoms with van der Waals surface area (Å²) in [5.41, 5.74) is 1.18. The van der Waals surface area contributed by atoms with E-state index in [1.54, 1.807) is 0 Å². The SMILES string of the molecule is C=C(/C=C/CN(C)C)N1CCCC[C@@H](C)C1. The first-order valence-corrected chi connectivity index (χ1v) is 6.34. The summed E-state index contributed by atoms with van der Waals surface area (Å²) in [6.45, 7) is 9.85. The van der Waals surface area contributed by atoms with E-state index in [0.717, 1.165) is 12.5 Å². The molecular weight excluding hydrogens is 196 g/mol. The number of allylic oxidation sites excluding steroid dienone is 1. The van der Waals surface area contributed by atoms with Gasteiger partial charge in [0, 0.05) is 25.3 Å². The zero-order valence-electron chi connectivity index (χ0n) is 11.1. The molecule has 0 radical (unpaired) electrons. The monoisotopic (exact) mass is 222 g/mol. The van der Waals surface area contributed by atoms with Crippen LogP contribution in [0.3, 0.4) is 0 Å². The van der Waals surface area contributed by atoms with Gasteiger partial charge in [-0.05, 0) is 38.9 Å². The maximum absolute atomic E-state index is 4.17. The minimum atomic E-state index is 0.807. The zero-order chi connectivity index (χ0) is 12.0. The average molecular weight is 222 g/mol. The van der Waals surface area contributed by atoms with Gasteiger partial charge in [-0.3, -0.25) is 0 Å². The molecule has 1 atom stereocenters. The summed E-state index contributed by atoms with van der Waals surface area (Å²) in [6, 6.07) is 0. The van der Waals surface area contributed by atoms with Crippen molar-refractivity contribution in [2.24, 2.45) is 5.92 Å². The standard InChI is InChI=1S/C14H26N2/c1-13-8-5-6-11-16(12-13)14(2)9-7-10-15(3)4/h7,9,13H,2,5-6,8,10-12H2,1,3-4H3/b9-7+/t13-/m1/s1. The molecule has 2 nitrogen and oxygen atoms in total. The van der Waals surface area contributed by atoms with Gasteiger partial charge in [0.05, 0.1) is 0 Å². The molecule has 0 aliphatic carbocycles.